The number of aliphatic carboxylic acids is 2. The van der Waals surface area contributed by atoms with Gasteiger partial charge in [-0.05, 0) is 18.6 Å². The third kappa shape index (κ3) is 4.31. The Kier molecular flexibility index (Phi) is 5.84. The molecule has 3 unspecified atom stereocenters. The van der Waals surface area contributed by atoms with Crippen molar-refractivity contribution in [2.45, 2.75) is 25.1 Å². The van der Waals surface area contributed by atoms with Gasteiger partial charge in [0.05, 0.1) is 11.5 Å². The number of carboxylic acid groups (broad SMARTS) is 2. The van der Waals surface area contributed by atoms with E-state index in [2.05, 4.69) is 0 Å². The van der Waals surface area contributed by atoms with Crippen LogP contribution in [-0.2, 0) is 20.6 Å². The highest BCUT2D eigenvalue weighted by molar-refractivity contribution is 5.99. The Morgan fingerprint density at radius 1 is 1.12 bits per heavy atom. The monoisotopic (exact) mass is 363 g/mol. The molecule has 0 spiro atoms. The standard InChI is InChI=1S/C14H12F3NO7/c1-6(19)9(12(20)21)10(11(13(22)23)18(24)25)7-4-2-3-5-8(7)14(15,16)17/h2-5,9-11H,1H3,(H,20,21)(H,22,23). The lowest BCUT2D eigenvalue weighted by molar-refractivity contribution is -0.515. The Balaban J connectivity index is 3.80. The van der Waals surface area contributed by atoms with Crippen LogP contribution in [0.1, 0.15) is 24.0 Å². The highest BCUT2D eigenvalue weighted by Crippen LogP contribution is 2.40. The van der Waals surface area contributed by atoms with Crippen LogP contribution in [0.5, 0.6) is 0 Å². The lowest BCUT2D eigenvalue weighted by Crippen LogP contribution is -2.44. The van der Waals surface area contributed by atoms with Crippen molar-refractivity contribution in [3.63, 3.8) is 0 Å². The summed E-state index contributed by atoms with van der Waals surface area (Å²) < 4.78 is 39.6. The number of Topliss-reactive ketones (excluding diaryl/α,β-unsaturated/α-hetero) is 1. The molecule has 0 aromatic heterocycles. The predicted octanol–water partition coefficient (Wildman–Crippen LogP) is 1.81. The van der Waals surface area contributed by atoms with Crippen molar-refractivity contribution < 1.29 is 42.7 Å². The van der Waals surface area contributed by atoms with E-state index in [1.165, 1.54) is 0 Å². The largest absolute Gasteiger partial charge is 0.481 e. The van der Waals surface area contributed by atoms with E-state index in [1.807, 2.05) is 0 Å². The molecule has 3 atom stereocenters. The molecule has 1 aromatic carbocycles. The van der Waals surface area contributed by atoms with Crippen molar-refractivity contribution in [1.29, 1.82) is 0 Å². The van der Waals surface area contributed by atoms with E-state index in [9.17, 15) is 37.7 Å². The number of nitro groups is 1. The van der Waals surface area contributed by atoms with Gasteiger partial charge >= 0.3 is 24.2 Å². The number of carboxylic acids is 2. The van der Waals surface area contributed by atoms with Crippen LogP contribution >= 0.6 is 0 Å². The van der Waals surface area contributed by atoms with Crippen LogP contribution in [-0.4, -0.2) is 38.9 Å². The smallest absolute Gasteiger partial charge is 0.416 e. The van der Waals surface area contributed by atoms with Crippen LogP contribution < -0.4 is 0 Å². The van der Waals surface area contributed by atoms with Gasteiger partial charge in [0, 0.05) is 4.92 Å². The Morgan fingerprint density at radius 3 is 2.00 bits per heavy atom. The number of halogens is 3. The maximum absolute atomic E-state index is 13.2. The molecule has 0 amide bonds. The average Bonchev–Trinajstić information content (AvgIpc) is 2.44. The first-order chi connectivity index (χ1) is 11.4. The zero-order chi connectivity index (χ0) is 19.5. The third-order valence-corrected chi connectivity index (χ3v) is 3.51. The van der Waals surface area contributed by atoms with E-state index in [4.69, 9.17) is 10.2 Å². The topological polar surface area (TPSA) is 135 Å². The number of ketones is 1. The number of carbonyl (C=O) groups excluding carboxylic acids is 1. The van der Waals surface area contributed by atoms with Crippen molar-refractivity contribution in [3.8, 4) is 0 Å². The molecule has 25 heavy (non-hydrogen) atoms. The van der Waals surface area contributed by atoms with Crippen molar-refractivity contribution in [2.75, 3.05) is 0 Å². The Morgan fingerprint density at radius 2 is 1.64 bits per heavy atom. The predicted molar refractivity (Wildman–Crippen MR) is 74.4 cm³/mol. The normalized spacial score (nSPS) is 15.0. The molecule has 0 aliphatic rings. The van der Waals surface area contributed by atoms with E-state index >= 15 is 0 Å². The molecule has 0 radical (unpaired) electrons. The van der Waals surface area contributed by atoms with E-state index in [1.54, 1.807) is 0 Å². The SMILES string of the molecule is CC(=O)C(C(=O)O)C(c1ccccc1C(F)(F)F)C(C(=O)O)[N+](=O)[O-]. The highest BCUT2D eigenvalue weighted by Gasteiger charge is 2.51. The van der Waals surface area contributed by atoms with Crippen molar-refractivity contribution in [1.82, 2.24) is 0 Å². The Bertz CT molecular complexity index is 657. The Hall–Kier alpha value is -2.98. The number of carbonyl (C=O) groups is 3. The molecule has 0 aliphatic carbocycles. The molecule has 0 bridgehead atoms. The van der Waals surface area contributed by atoms with E-state index in [0.29, 0.717) is 13.0 Å². The van der Waals surface area contributed by atoms with Gasteiger partial charge in [0.15, 0.2) is 0 Å². The first kappa shape index (κ1) is 20.1. The molecular formula is C14H12F3NO7. The van der Waals surface area contributed by atoms with Gasteiger partial charge in [0.1, 0.15) is 11.7 Å². The van der Waals surface area contributed by atoms with Gasteiger partial charge < -0.3 is 10.2 Å². The zero-order valence-electron chi connectivity index (χ0n) is 12.6. The molecule has 11 heteroatoms. The van der Waals surface area contributed by atoms with Gasteiger partial charge in [-0.25, -0.2) is 4.79 Å². The van der Waals surface area contributed by atoms with Crippen molar-refractivity contribution in [3.05, 3.63) is 45.5 Å². The quantitative estimate of drug-likeness (QED) is 0.428. The summed E-state index contributed by atoms with van der Waals surface area (Å²) in [7, 11) is 0. The van der Waals surface area contributed by atoms with Crippen molar-refractivity contribution >= 4 is 17.7 Å². The van der Waals surface area contributed by atoms with Crippen LogP contribution in [0.15, 0.2) is 24.3 Å². The fourth-order valence-electron chi connectivity index (χ4n) is 2.53. The number of alkyl halides is 3. The Labute approximate surface area is 138 Å². The van der Waals surface area contributed by atoms with Crippen LogP contribution in [0.25, 0.3) is 0 Å². The second kappa shape index (κ2) is 7.28. The first-order valence-corrected chi connectivity index (χ1v) is 6.65. The fourth-order valence-corrected chi connectivity index (χ4v) is 2.53. The molecule has 8 nitrogen and oxygen atoms in total. The summed E-state index contributed by atoms with van der Waals surface area (Å²) in [6.07, 6.45) is -5.03. The maximum Gasteiger partial charge on any atom is 0.416 e. The molecule has 0 fully saturated rings. The van der Waals surface area contributed by atoms with Gasteiger partial charge in [-0.15, -0.1) is 0 Å². The molecule has 0 saturated carbocycles. The third-order valence-electron chi connectivity index (χ3n) is 3.51. The second-order valence-electron chi connectivity index (χ2n) is 5.11. The number of rotatable bonds is 7. The van der Waals surface area contributed by atoms with Crippen LogP contribution in [0, 0.1) is 16.0 Å². The van der Waals surface area contributed by atoms with Crippen LogP contribution in [0.3, 0.4) is 0 Å². The number of benzene rings is 1. The van der Waals surface area contributed by atoms with Crippen molar-refractivity contribution in [2.24, 2.45) is 5.92 Å². The number of hydrogen-bond donors (Lipinski definition) is 2. The minimum Gasteiger partial charge on any atom is -0.481 e. The maximum atomic E-state index is 13.2. The molecule has 1 aromatic rings. The van der Waals surface area contributed by atoms with Crippen LogP contribution in [0.4, 0.5) is 13.2 Å². The minimum absolute atomic E-state index is 0.528. The number of hydrogen-bond acceptors (Lipinski definition) is 5. The summed E-state index contributed by atoms with van der Waals surface area (Å²) in [4.78, 5) is 43.9. The molecule has 0 saturated heterocycles. The molecule has 0 aliphatic heterocycles. The molecular weight excluding hydrogens is 351 g/mol. The summed E-state index contributed by atoms with van der Waals surface area (Å²) in [5, 5.41) is 29.3. The summed E-state index contributed by atoms with van der Waals surface area (Å²) >= 11 is 0. The molecule has 1 rings (SSSR count). The lowest BCUT2D eigenvalue weighted by Gasteiger charge is -2.26. The first-order valence-electron chi connectivity index (χ1n) is 6.65. The summed E-state index contributed by atoms with van der Waals surface area (Å²) in [5.74, 6) is -10.0. The van der Waals surface area contributed by atoms with Crippen LogP contribution in [0.2, 0.25) is 0 Å². The van der Waals surface area contributed by atoms with Gasteiger partial charge in [0.2, 0.25) is 0 Å². The summed E-state index contributed by atoms with van der Waals surface area (Å²) in [5.41, 5.74) is -2.39. The van der Waals surface area contributed by atoms with Gasteiger partial charge in [-0.1, -0.05) is 18.2 Å². The van der Waals surface area contributed by atoms with Gasteiger partial charge in [-0.3, -0.25) is 19.7 Å². The lowest BCUT2D eigenvalue weighted by atomic mass is 9.77. The number of nitrogens with zero attached hydrogens (tertiary/aromatic N) is 1. The second-order valence-corrected chi connectivity index (χ2v) is 5.11. The summed E-state index contributed by atoms with van der Waals surface area (Å²) in [6, 6.07) is 0.490. The van der Waals surface area contributed by atoms with E-state index in [0.717, 1.165) is 18.2 Å². The van der Waals surface area contributed by atoms with Gasteiger partial charge in [-0.2, -0.15) is 13.2 Å². The fraction of sp³-hybridized carbons (Fsp3) is 0.357. The minimum atomic E-state index is -5.03. The summed E-state index contributed by atoms with van der Waals surface area (Å²) in [6.45, 7) is 0.709. The van der Waals surface area contributed by atoms with E-state index in [-0.39, 0.29) is 0 Å². The zero-order valence-corrected chi connectivity index (χ0v) is 12.6. The molecule has 2 N–H and O–H groups in total. The van der Waals surface area contributed by atoms with E-state index < -0.39 is 57.8 Å². The average molecular weight is 363 g/mol. The molecule has 136 valence electrons. The highest BCUT2D eigenvalue weighted by atomic mass is 19.4. The van der Waals surface area contributed by atoms with Gasteiger partial charge in [0.25, 0.3) is 0 Å². The molecule has 0 heterocycles.